The first kappa shape index (κ1) is 23.2. The molecule has 5 heteroatoms. The van der Waals surface area contributed by atoms with Crippen molar-refractivity contribution in [2.45, 2.75) is 25.1 Å². The topological polar surface area (TPSA) is 59.0 Å². The highest BCUT2D eigenvalue weighted by molar-refractivity contribution is 6.11. The second-order valence-electron chi connectivity index (χ2n) is 8.64. The van der Waals surface area contributed by atoms with Gasteiger partial charge in [0.1, 0.15) is 11.9 Å². The van der Waals surface area contributed by atoms with E-state index < -0.39 is 18.1 Å². The molecule has 0 spiro atoms. The lowest BCUT2D eigenvalue weighted by Crippen LogP contribution is -2.41. The van der Waals surface area contributed by atoms with Crippen LogP contribution in [0.2, 0.25) is 0 Å². The summed E-state index contributed by atoms with van der Waals surface area (Å²) < 4.78 is 5.63. The number of hydrogen-bond donors (Lipinski definition) is 0. The highest BCUT2D eigenvalue weighted by atomic mass is 16.5. The number of nitrogens with zero attached hydrogens (tertiary/aromatic N) is 2. The van der Waals surface area contributed by atoms with Crippen LogP contribution in [0.3, 0.4) is 0 Å². The molecule has 178 valence electrons. The van der Waals surface area contributed by atoms with Crippen molar-refractivity contribution in [3.8, 4) is 0 Å². The Kier molecular flexibility index (Phi) is 6.72. The van der Waals surface area contributed by atoms with Crippen LogP contribution in [-0.4, -0.2) is 22.6 Å². The summed E-state index contributed by atoms with van der Waals surface area (Å²) in [6.45, 7) is 1.32. The highest BCUT2D eigenvalue weighted by Gasteiger charge is 2.45. The van der Waals surface area contributed by atoms with E-state index in [9.17, 15) is 9.59 Å². The van der Waals surface area contributed by atoms with E-state index in [0.717, 1.165) is 16.7 Å². The Balaban J connectivity index is 1.69. The lowest BCUT2D eigenvalue weighted by molar-refractivity contribution is -0.158. The number of ether oxygens (including phenoxy) is 1. The lowest BCUT2D eigenvalue weighted by Gasteiger charge is -2.32. The molecule has 0 saturated carbocycles. The van der Waals surface area contributed by atoms with E-state index in [2.05, 4.69) is 0 Å². The van der Waals surface area contributed by atoms with Crippen LogP contribution in [0.5, 0.6) is 0 Å². The van der Waals surface area contributed by atoms with Crippen LogP contribution in [-0.2, 0) is 14.3 Å². The van der Waals surface area contributed by atoms with E-state index in [1.165, 1.54) is 6.92 Å². The maximum absolute atomic E-state index is 14.4. The molecule has 0 unspecified atom stereocenters. The fraction of sp³-hybridized carbons (Fsp3) is 0.129. The molecule has 3 atom stereocenters. The summed E-state index contributed by atoms with van der Waals surface area (Å²) in [7, 11) is 0. The third kappa shape index (κ3) is 4.68. The van der Waals surface area contributed by atoms with Gasteiger partial charge in [-0.15, -0.1) is 0 Å². The van der Waals surface area contributed by atoms with Crippen molar-refractivity contribution in [2.75, 3.05) is 0 Å². The van der Waals surface area contributed by atoms with Gasteiger partial charge in [-0.25, -0.2) is 0 Å². The molecule has 1 amide bonds. The minimum absolute atomic E-state index is 0.332. The standard InChI is InChI=1S/C31H26N2O3/c1-22(34)36-29(25-18-10-4-11-19-25)31(35)33-28(24-16-8-3-9-17-24)27(23-14-6-2-7-15-23)32-30(33)26-20-12-5-13-21-26/h2-21,27-29H,1H3/t27-,28-,29+/m0/s1. The molecule has 0 N–H and O–H groups in total. The lowest BCUT2D eigenvalue weighted by atomic mass is 9.93. The second kappa shape index (κ2) is 10.4. The quantitative estimate of drug-likeness (QED) is 0.319. The summed E-state index contributed by atoms with van der Waals surface area (Å²) in [6, 6.07) is 37.9. The van der Waals surface area contributed by atoms with E-state index >= 15 is 0 Å². The number of rotatable bonds is 6. The number of esters is 1. The highest BCUT2D eigenvalue weighted by Crippen LogP contribution is 2.44. The average Bonchev–Trinajstić information content (AvgIpc) is 3.34. The van der Waals surface area contributed by atoms with Gasteiger partial charge in [0.25, 0.3) is 5.91 Å². The number of benzene rings is 4. The Morgan fingerprint density at radius 2 is 1.22 bits per heavy atom. The van der Waals surface area contributed by atoms with E-state index in [1.54, 1.807) is 17.0 Å². The number of amidine groups is 1. The summed E-state index contributed by atoms with van der Waals surface area (Å²) >= 11 is 0. The maximum Gasteiger partial charge on any atom is 0.303 e. The summed E-state index contributed by atoms with van der Waals surface area (Å²) in [5.41, 5.74) is 3.38. The SMILES string of the molecule is CC(=O)O[C@@H](C(=O)N1C(c2ccccc2)=N[C@@H](c2ccccc2)[C@@H]1c1ccccc1)c1ccccc1. The zero-order valence-electron chi connectivity index (χ0n) is 19.9. The zero-order valence-corrected chi connectivity index (χ0v) is 19.9. The van der Waals surface area contributed by atoms with Gasteiger partial charge in [0.15, 0.2) is 0 Å². The van der Waals surface area contributed by atoms with Crippen molar-refractivity contribution in [2.24, 2.45) is 4.99 Å². The Morgan fingerprint density at radius 1 is 0.722 bits per heavy atom. The first-order chi connectivity index (χ1) is 17.6. The summed E-state index contributed by atoms with van der Waals surface area (Å²) in [6.07, 6.45) is -1.10. The molecule has 4 aromatic carbocycles. The van der Waals surface area contributed by atoms with Crippen molar-refractivity contribution in [1.82, 2.24) is 4.90 Å². The summed E-state index contributed by atoms with van der Waals surface area (Å²) in [5, 5.41) is 0. The number of amides is 1. The molecular formula is C31H26N2O3. The van der Waals surface area contributed by atoms with Crippen LogP contribution in [0.25, 0.3) is 0 Å². The van der Waals surface area contributed by atoms with Crippen molar-refractivity contribution in [1.29, 1.82) is 0 Å². The maximum atomic E-state index is 14.4. The van der Waals surface area contributed by atoms with Gasteiger partial charge >= 0.3 is 5.97 Å². The molecule has 1 aliphatic rings. The fourth-order valence-electron chi connectivity index (χ4n) is 4.65. The molecule has 0 radical (unpaired) electrons. The molecule has 1 heterocycles. The van der Waals surface area contributed by atoms with Gasteiger partial charge in [0, 0.05) is 18.1 Å². The molecule has 4 aromatic rings. The van der Waals surface area contributed by atoms with Gasteiger partial charge in [-0.1, -0.05) is 121 Å². The predicted molar refractivity (Wildman–Crippen MR) is 139 cm³/mol. The Morgan fingerprint density at radius 3 is 1.78 bits per heavy atom. The van der Waals surface area contributed by atoms with Crippen molar-refractivity contribution in [3.05, 3.63) is 144 Å². The molecule has 5 nitrogen and oxygen atoms in total. The predicted octanol–water partition coefficient (Wildman–Crippen LogP) is 6.06. The molecule has 0 saturated heterocycles. The van der Waals surface area contributed by atoms with Gasteiger partial charge in [0.05, 0.1) is 6.04 Å². The Hall–Kier alpha value is -4.51. The van der Waals surface area contributed by atoms with Crippen LogP contribution >= 0.6 is 0 Å². The van der Waals surface area contributed by atoms with Gasteiger partial charge in [-0.2, -0.15) is 0 Å². The number of hydrogen-bond acceptors (Lipinski definition) is 4. The molecular weight excluding hydrogens is 448 g/mol. The van der Waals surface area contributed by atoms with Crippen LogP contribution in [0, 0.1) is 0 Å². The van der Waals surface area contributed by atoms with E-state index in [1.807, 2.05) is 109 Å². The third-order valence-corrected chi connectivity index (χ3v) is 6.23. The van der Waals surface area contributed by atoms with E-state index in [0.29, 0.717) is 11.4 Å². The number of carbonyl (C=O) groups excluding carboxylic acids is 2. The third-order valence-electron chi connectivity index (χ3n) is 6.23. The van der Waals surface area contributed by atoms with Crippen molar-refractivity contribution < 1.29 is 14.3 Å². The molecule has 0 bridgehead atoms. The van der Waals surface area contributed by atoms with Crippen LogP contribution < -0.4 is 0 Å². The van der Waals surface area contributed by atoms with Crippen LogP contribution in [0.4, 0.5) is 0 Å². The largest absolute Gasteiger partial charge is 0.447 e. The van der Waals surface area contributed by atoms with Gasteiger partial charge in [0.2, 0.25) is 6.10 Å². The van der Waals surface area contributed by atoms with Crippen molar-refractivity contribution >= 4 is 17.7 Å². The van der Waals surface area contributed by atoms with E-state index in [-0.39, 0.29) is 11.9 Å². The van der Waals surface area contributed by atoms with Gasteiger partial charge in [-0.3, -0.25) is 19.5 Å². The van der Waals surface area contributed by atoms with E-state index in [4.69, 9.17) is 9.73 Å². The second-order valence-corrected chi connectivity index (χ2v) is 8.64. The summed E-state index contributed by atoms with van der Waals surface area (Å²) in [4.78, 5) is 33.3. The molecule has 0 fully saturated rings. The molecule has 5 rings (SSSR count). The van der Waals surface area contributed by atoms with Gasteiger partial charge in [-0.05, 0) is 11.1 Å². The monoisotopic (exact) mass is 474 g/mol. The summed E-state index contributed by atoms with van der Waals surface area (Å²) in [5.74, 6) is -0.312. The molecule has 0 aromatic heterocycles. The number of carbonyl (C=O) groups is 2. The minimum atomic E-state index is -1.10. The first-order valence-corrected chi connectivity index (χ1v) is 11.9. The van der Waals surface area contributed by atoms with Crippen molar-refractivity contribution in [3.63, 3.8) is 0 Å². The van der Waals surface area contributed by atoms with Gasteiger partial charge < -0.3 is 4.74 Å². The molecule has 1 aliphatic heterocycles. The molecule has 0 aliphatic carbocycles. The Labute approximate surface area is 210 Å². The average molecular weight is 475 g/mol. The Bertz CT molecular complexity index is 1360. The van der Waals surface area contributed by atoms with Crippen LogP contribution in [0.15, 0.2) is 126 Å². The van der Waals surface area contributed by atoms with Crippen LogP contribution in [0.1, 0.15) is 47.4 Å². The fourth-order valence-corrected chi connectivity index (χ4v) is 4.65. The zero-order chi connectivity index (χ0) is 24.9. The normalized spacial score (nSPS) is 17.8. The molecule has 36 heavy (non-hydrogen) atoms. The number of aliphatic imine (C=N–C) groups is 1. The minimum Gasteiger partial charge on any atom is -0.447 e. The first-order valence-electron chi connectivity index (χ1n) is 11.9. The smallest absolute Gasteiger partial charge is 0.303 e.